The molecule has 0 saturated carbocycles. The summed E-state index contributed by atoms with van der Waals surface area (Å²) in [4.78, 5) is 7.99. The lowest BCUT2D eigenvalue weighted by Crippen LogP contribution is -2.17. The Morgan fingerprint density at radius 1 is 1.18 bits per heavy atom. The van der Waals surface area contributed by atoms with Gasteiger partial charge in [0.2, 0.25) is 0 Å². The Kier molecular flexibility index (Phi) is 3.77. The molecule has 0 aliphatic heterocycles. The van der Waals surface area contributed by atoms with Gasteiger partial charge in [-0.3, -0.25) is 9.55 Å². The summed E-state index contributed by atoms with van der Waals surface area (Å²) in [7, 11) is 0. The minimum absolute atomic E-state index is 0.286. The molecule has 0 aliphatic rings. The van der Waals surface area contributed by atoms with Gasteiger partial charge in [0.1, 0.15) is 5.82 Å². The maximum absolute atomic E-state index is 12.5. The Morgan fingerprint density at radius 3 is 2.76 bits per heavy atom. The second-order valence-corrected chi connectivity index (χ2v) is 3.45. The van der Waals surface area contributed by atoms with Gasteiger partial charge in [-0.1, -0.05) is 6.07 Å². The number of nitrogens with zero attached hydrogens (tertiary/aromatic N) is 3. The first-order valence-electron chi connectivity index (χ1n) is 5.18. The molecule has 0 aromatic carbocycles. The van der Waals surface area contributed by atoms with E-state index < -0.39 is 6.55 Å². The lowest BCUT2D eigenvalue weighted by atomic mass is 10.3. The van der Waals surface area contributed by atoms with E-state index in [2.05, 4.69) is 15.3 Å². The quantitative estimate of drug-likeness (QED) is 0.865. The smallest absolute Gasteiger partial charge is 0.304 e. The third kappa shape index (κ3) is 3.07. The van der Waals surface area contributed by atoms with Crippen LogP contribution >= 0.6 is 0 Å². The number of imidazole rings is 1. The first kappa shape index (κ1) is 11.7. The number of rotatable bonds is 5. The molecule has 4 nitrogen and oxygen atoms in total. The maximum atomic E-state index is 12.5. The summed E-state index contributed by atoms with van der Waals surface area (Å²) in [6.07, 6.45) is 4.32. The lowest BCUT2D eigenvalue weighted by Gasteiger charge is -2.07. The highest BCUT2D eigenvalue weighted by atomic mass is 19.3. The van der Waals surface area contributed by atoms with Crippen molar-refractivity contribution in [1.29, 1.82) is 0 Å². The standard InChI is InChI=1S/C11H12F2N4/c12-11(13)17-6-5-16-10(17)8-14-7-9-3-1-2-4-15-9/h1-6,11,14H,7-8H2. The molecule has 0 unspecified atom stereocenters. The van der Waals surface area contributed by atoms with Crippen LogP contribution in [0.5, 0.6) is 0 Å². The van der Waals surface area contributed by atoms with Crippen LogP contribution in [0.3, 0.4) is 0 Å². The summed E-state index contributed by atoms with van der Waals surface area (Å²) in [6, 6.07) is 5.57. The average molecular weight is 238 g/mol. The molecule has 2 rings (SSSR count). The normalized spacial score (nSPS) is 11.0. The summed E-state index contributed by atoms with van der Waals surface area (Å²) in [6.45, 7) is -1.74. The zero-order chi connectivity index (χ0) is 12.1. The molecular weight excluding hydrogens is 226 g/mol. The van der Waals surface area contributed by atoms with E-state index in [1.807, 2.05) is 18.2 Å². The van der Waals surface area contributed by atoms with Crippen LogP contribution in [-0.2, 0) is 13.1 Å². The lowest BCUT2D eigenvalue weighted by molar-refractivity contribution is 0.0666. The van der Waals surface area contributed by atoms with Gasteiger partial charge in [0.05, 0.1) is 12.2 Å². The van der Waals surface area contributed by atoms with Gasteiger partial charge in [0, 0.05) is 25.1 Å². The Labute approximate surface area is 97.3 Å². The molecule has 0 aliphatic carbocycles. The summed E-state index contributed by atoms with van der Waals surface area (Å²) in [5.41, 5.74) is 0.864. The number of halogens is 2. The van der Waals surface area contributed by atoms with Crippen LogP contribution in [-0.4, -0.2) is 14.5 Å². The molecule has 0 atom stereocenters. The zero-order valence-electron chi connectivity index (χ0n) is 9.05. The van der Waals surface area contributed by atoms with E-state index in [1.54, 1.807) is 6.20 Å². The summed E-state index contributed by atoms with van der Waals surface area (Å²) in [5, 5.41) is 3.02. The van der Waals surface area contributed by atoms with Crippen molar-refractivity contribution >= 4 is 0 Å². The summed E-state index contributed by atoms with van der Waals surface area (Å²) in [5.74, 6) is 0.316. The minimum atomic E-state index is -2.55. The Bertz CT molecular complexity index is 456. The van der Waals surface area contributed by atoms with Crippen LogP contribution in [0.4, 0.5) is 8.78 Å². The van der Waals surface area contributed by atoms with Crippen LogP contribution in [0.1, 0.15) is 18.1 Å². The van der Waals surface area contributed by atoms with Gasteiger partial charge in [-0.25, -0.2) is 4.98 Å². The van der Waals surface area contributed by atoms with Crippen molar-refractivity contribution in [2.24, 2.45) is 0 Å². The van der Waals surface area contributed by atoms with Crippen LogP contribution in [0.2, 0.25) is 0 Å². The molecule has 0 spiro atoms. The molecule has 17 heavy (non-hydrogen) atoms. The average Bonchev–Trinajstić information content (AvgIpc) is 2.79. The van der Waals surface area contributed by atoms with E-state index in [-0.39, 0.29) is 6.54 Å². The molecule has 2 heterocycles. The topological polar surface area (TPSA) is 42.7 Å². The number of hydrogen-bond acceptors (Lipinski definition) is 3. The Hall–Kier alpha value is -1.82. The number of hydrogen-bond donors (Lipinski definition) is 1. The van der Waals surface area contributed by atoms with Crippen LogP contribution in [0, 0.1) is 0 Å². The Balaban J connectivity index is 1.88. The van der Waals surface area contributed by atoms with E-state index in [9.17, 15) is 8.78 Å². The van der Waals surface area contributed by atoms with Crippen molar-refractivity contribution < 1.29 is 8.78 Å². The molecule has 0 bridgehead atoms. The van der Waals surface area contributed by atoms with Crippen molar-refractivity contribution in [2.45, 2.75) is 19.6 Å². The van der Waals surface area contributed by atoms with Crippen LogP contribution in [0.25, 0.3) is 0 Å². The largest absolute Gasteiger partial charge is 0.319 e. The molecule has 1 N–H and O–H groups in total. The van der Waals surface area contributed by atoms with E-state index in [4.69, 9.17) is 0 Å². The fourth-order valence-corrected chi connectivity index (χ4v) is 1.46. The van der Waals surface area contributed by atoms with Crippen molar-refractivity contribution in [3.05, 3.63) is 48.3 Å². The van der Waals surface area contributed by atoms with Crippen molar-refractivity contribution in [3.63, 3.8) is 0 Å². The fourth-order valence-electron chi connectivity index (χ4n) is 1.46. The highest BCUT2D eigenvalue weighted by Gasteiger charge is 2.10. The molecule has 90 valence electrons. The van der Waals surface area contributed by atoms with E-state index in [0.29, 0.717) is 12.4 Å². The Morgan fingerprint density at radius 2 is 2.06 bits per heavy atom. The molecule has 0 amide bonds. The first-order valence-corrected chi connectivity index (χ1v) is 5.18. The van der Waals surface area contributed by atoms with Crippen LogP contribution < -0.4 is 5.32 Å². The minimum Gasteiger partial charge on any atom is -0.304 e. The van der Waals surface area contributed by atoms with E-state index in [1.165, 1.54) is 12.4 Å². The zero-order valence-corrected chi connectivity index (χ0v) is 9.05. The second kappa shape index (κ2) is 5.49. The molecule has 2 aromatic heterocycles. The monoisotopic (exact) mass is 238 g/mol. The molecule has 0 radical (unpaired) electrons. The van der Waals surface area contributed by atoms with Crippen molar-refractivity contribution in [2.75, 3.05) is 0 Å². The summed E-state index contributed by atoms with van der Waals surface area (Å²) >= 11 is 0. The predicted molar refractivity (Wildman–Crippen MR) is 58.3 cm³/mol. The number of alkyl halides is 2. The SMILES string of the molecule is FC(F)n1ccnc1CNCc1ccccn1. The highest BCUT2D eigenvalue weighted by Crippen LogP contribution is 2.11. The number of aromatic nitrogens is 3. The van der Waals surface area contributed by atoms with Crippen LogP contribution in [0.15, 0.2) is 36.8 Å². The molecular formula is C11H12F2N4. The molecule has 6 heteroatoms. The fraction of sp³-hybridized carbons (Fsp3) is 0.273. The van der Waals surface area contributed by atoms with Gasteiger partial charge < -0.3 is 5.32 Å². The van der Waals surface area contributed by atoms with E-state index in [0.717, 1.165) is 10.3 Å². The van der Waals surface area contributed by atoms with Gasteiger partial charge in [0.25, 0.3) is 0 Å². The molecule has 0 fully saturated rings. The highest BCUT2D eigenvalue weighted by molar-refractivity contribution is 5.03. The third-order valence-electron chi connectivity index (χ3n) is 2.27. The van der Waals surface area contributed by atoms with Gasteiger partial charge in [-0.2, -0.15) is 8.78 Å². The number of nitrogens with one attached hydrogen (secondary N) is 1. The molecule has 2 aromatic rings. The summed E-state index contributed by atoms with van der Waals surface area (Å²) < 4.78 is 25.8. The first-order chi connectivity index (χ1) is 8.27. The van der Waals surface area contributed by atoms with Gasteiger partial charge >= 0.3 is 6.55 Å². The number of pyridine rings is 1. The second-order valence-electron chi connectivity index (χ2n) is 3.45. The third-order valence-corrected chi connectivity index (χ3v) is 2.27. The van der Waals surface area contributed by atoms with Gasteiger partial charge in [-0.05, 0) is 12.1 Å². The predicted octanol–water partition coefficient (Wildman–Crippen LogP) is 1.96. The van der Waals surface area contributed by atoms with Crippen molar-refractivity contribution in [1.82, 2.24) is 19.9 Å². The van der Waals surface area contributed by atoms with Crippen molar-refractivity contribution in [3.8, 4) is 0 Å². The van der Waals surface area contributed by atoms with Gasteiger partial charge in [0.15, 0.2) is 0 Å². The van der Waals surface area contributed by atoms with Gasteiger partial charge in [-0.15, -0.1) is 0 Å². The maximum Gasteiger partial charge on any atom is 0.319 e. The molecule has 0 saturated heterocycles. The van der Waals surface area contributed by atoms with E-state index >= 15 is 0 Å².